The summed E-state index contributed by atoms with van der Waals surface area (Å²) in [5.41, 5.74) is 1.14. The van der Waals surface area contributed by atoms with Crippen molar-refractivity contribution in [3.05, 3.63) is 35.9 Å². The highest BCUT2D eigenvalue weighted by atomic mass is 32.2. The summed E-state index contributed by atoms with van der Waals surface area (Å²) in [7, 11) is 1.80. The molecule has 0 spiro atoms. The van der Waals surface area contributed by atoms with Gasteiger partial charge in [0, 0.05) is 12.6 Å². The van der Waals surface area contributed by atoms with E-state index in [-0.39, 0.29) is 0 Å². The third kappa shape index (κ3) is 2.09. The molecule has 1 aromatic rings. The first-order chi connectivity index (χ1) is 5.38. The SMILES string of the molecule is C/N=C(\SC)c1c[c]ccc1. The highest BCUT2D eigenvalue weighted by molar-refractivity contribution is 8.13. The van der Waals surface area contributed by atoms with E-state index in [4.69, 9.17) is 0 Å². The molecule has 0 atom stereocenters. The Labute approximate surface area is 71.5 Å². The van der Waals surface area contributed by atoms with E-state index in [0.29, 0.717) is 0 Å². The van der Waals surface area contributed by atoms with Gasteiger partial charge in [0.25, 0.3) is 0 Å². The lowest BCUT2D eigenvalue weighted by atomic mass is 10.2. The molecule has 11 heavy (non-hydrogen) atoms. The Hall–Kier alpha value is -0.760. The third-order valence-corrected chi connectivity index (χ3v) is 2.16. The lowest BCUT2D eigenvalue weighted by Gasteiger charge is -1.99. The summed E-state index contributed by atoms with van der Waals surface area (Å²) in [6, 6.07) is 10.9. The van der Waals surface area contributed by atoms with Crippen LogP contribution < -0.4 is 0 Å². The van der Waals surface area contributed by atoms with Crippen LogP contribution in [0.2, 0.25) is 0 Å². The van der Waals surface area contributed by atoms with Gasteiger partial charge in [-0.05, 0) is 18.4 Å². The summed E-state index contributed by atoms with van der Waals surface area (Å²) in [6.07, 6.45) is 2.02. The van der Waals surface area contributed by atoms with Gasteiger partial charge in [-0.1, -0.05) is 18.2 Å². The lowest BCUT2D eigenvalue weighted by molar-refractivity contribution is 1.45. The topological polar surface area (TPSA) is 12.4 Å². The van der Waals surface area contributed by atoms with Crippen LogP contribution in [0.1, 0.15) is 5.56 Å². The molecule has 0 fully saturated rings. The van der Waals surface area contributed by atoms with Crippen molar-refractivity contribution >= 4 is 16.8 Å². The molecule has 0 aromatic heterocycles. The predicted molar refractivity (Wildman–Crippen MR) is 51.3 cm³/mol. The summed E-state index contributed by atoms with van der Waals surface area (Å²) in [5, 5.41) is 1.06. The fourth-order valence-electron chi connectivity index (χ4n) is 0.865. The number of rotatable bonds is 1. The highest BCUT2D eigenvalue weighted by Gasteiger charge is 1.97. The number of nitrogens with zero attached hydrogens (tertiary/aromatic N) is 1. The number of hydrogen-bond donors (Lipinski definition) is 0. The summed E-state index contributed by atoms with van der Waals surface area (Å²) >= 11 is 1.65. The van der Waals surface area contributed by atoms with Crippen LogP contribution in [0.5, 0.6) is 0 Å². The van der Waals surface area contributed by atoms with Crippen molar-refractivity contribution in [2.24, 2.45) is 4.99 Å². The van der Waals surface area contributed by atoms with E-state index in [9.17, 15) is 0 Å². The molecule has 57 valence electrons. The van der Waals surface area contributed by atoms with Crippen LogP contribution in [0.15, 0.2) is 29.3 Å². The Morgan fingerprint density at radius 2 is 2.45 bits per heavy atom. The molecule has 0 amide bonds. The second-order valence-corrected chi connectivity index (χ2v) is 2.82. The highest BCUT2D eigenvalue weighted by Crippen LogP contribution is 2.09. The molecular formula is C9H10NS. The maximum Gasteiger partial charge on any atom is 0.0970 e. The molecule has 1 nitrogen and oxygen atoms in total. The molecule has 2 heteroatoms. The quantitative estimate of drug-likeness (QED) is 0.458. The minimum Gasteiger partial charge on any atom is -0.281 e. The Morgan fingerprint density at radius 3 is 2.91 bits per heavy atom. The van der Waals surface area contributed by atoms with Crippen LogP contribution in [-0.2, 0) is 0 Å². The fraction of sp³-hybridized carbons (Fsp3) is 0.222. The van der Waals surface area contributed by atoms with Crippen molar-refractivity contribution in [1.82, 2.24) is 0 Å². The molecule has 0 aliphatic carbocycles. The number of aliphatic imine (C=N–C) groups is 1. The monoisotopic (exact) mass is 164 g/mol. The predicted octanol–water partition coefficient (Wildman–Crippen LogP) is 2.23. The second kappa shape index (κ2) is 4.19. The van der Waals surface area contributed by atoms with Gasteiger partial charge in [-0.15, -0.1) is 11.8 Å². The van der Waals surface area contributed by atoms with Crippen LogP contribution in [0.25, 0.3) is 0 Å². The van der Waals surface area contributed by atoms with E-state index in [0.717, 1.165) is 10.6 Å². The summed E-state index contributed by atoms with van der Waals surface area (Å²) in [5.74, 6) is 0. The molecule has 0 unspecified atom stereocenters. The number of hydrogen-bond acceptors (Lipinski definition) is 2. The van der Waals surface area contributed by atoms with Gasteiger partial charge >= 0.3 is 0 Å². The Bertz CT molecular complexity index is 241. The molecule has 1 radical (unpaired) electrons. The zero-order chi connectivity index (χ0) is 8.10. The molecule has 1 rings (SSSR count). The smallest absolute Gasteiger partial charge is 0.0970 e. The molecule has 0 aliphatic heterocycles. The van der Waals surface area contributed by atoms with E-state index in [1.54, 1.807) is 18.8 Å². The van der Waals surface area contributed by atoms with E-state index in [1.165, 1.54) is 0 Å². The minimum absolute atomic E-state index is 1.06. The summed E-state index contributed by atoms with van der Waals surface area (Å²) in [6.45, 7) is 0. The molecule has 0 saturated heterocycles. The van der Waals surface area contributed by atoms with Gasteiger partial charge in [-0.3, -0.25) is 4.99 Å². The van der Waals surface area contributed by atoms with Crippen LogP contribution >= 0.6 is 11.8 Å². The van der Waals surface area contributed by atoms with Gasteiger partial charge in [-0.25, -0.2) is 0 Å². The van der Waals surface area contributed by atoms with Gasteiger partial charge in [0.1, 0.15) is 0 Å². The van der Waals surface area contributed by atoms with Gasteiger partial charge in [0.2, 0.25) is 0 Å². The van der Waals surface area contributed by atoms with Crippen molar-refractivity contribution in [3.63, 3.8) is 0 Å². The fourth-order valence-corrected chi connectivity index (χ4v) is 1.41. The molecule has 0 N–H and O–H groups in total. The van der Waals surface area contributed by atoms with Gasteiger partial charge in [0.05, 0.1) is 5.04 Å². The molecule has 1 aromatic carbocycles. The summed E-state index contributed by atoms with van der Waals surface area (Å²) in [4.78, 5) is 4.14. The largest absolute Gasteiger partial charge is 0.281 e. The van der Waals surface area contributed by atoms with Crippen LogP contribution in [0.4, 0.5) is 0 Å². The van der Waals surface area contributed by atoms with Crippen molar-refractivity contribution in [1.29, 1.82) is 0 Å². The molecule has 0 bridgehead atoms. The third-order valence-electron chi connectivity index (χ3n) is 1.35. The maximum atomic E-state index is 4.14. The Kier molecular flexibility index (Phi) is 3.17. The van der Waals surface area contributed by atoms with Crippen molar-refractivity contribution < 1.29 is 0 Å². The zero-order valence-corrected chi connectivity index (χ0v) is 7.48. The first-order valence-corrected chi connectivity index (χ1v) is 4.58. The number of thioether (sulfide) groups is 1. The van der Waals surface area contributed by atoms with Gasteiger partial charge < -0.3 is 0 Å². The first-order valence-electron chi connectivity index (χ1n) is 3.35. The van der Waals surface area contributed by atoms with Crippen LogP contribution in [-0.4, -0.2) is 18.3 Å². The van der Waals surface area contributed by atoms with Crippen molar-refractivity contribution in [2.75, 3.05) is 13.3 Å². The van der Waals surface area contributed by atoms with Crippen LogP contribution in [0.3, 0.4) is 0 Å². The van der Waals surface area contributed by atoms with E-state index in [1.807, 2.05) is 30.5 Å². The normalized spacial score (nSPS) is 11.6. The van der Waals surface area contributed by atoms with E-state index >= 15 is 0 Å². The summed E-state index contributed by atoms with van der Waals surface area (Å²) < 4.78 is 0. The Balaban J connectivity index is 2.92. The molecule has 0 aliphatic rings. The molecular weight excluding hydrogens is 154 g/mol. The standard InChI is InChI=1S/C9H10NS/c1-10-9(11-2)8-6-4-3-5-7-8/h3-4,6-7H,1-2H3/b10-9-. The Morgan fingerprint density at radius 1 is 1.64 bits per heavy atom. The zero-order valence-electron chi connectivity index (χ0n) is 6.66. The average molecular weight is 164 g/mol. The molecule has 0 saturated carbocycles. The number of benzene rings is 1. The van der Waals surface area contributed by atoms with E-state index < -0.39 is 0 Å². The first kappa shape index (κ1) is 8.34. The van der Waals surface area contributed by atoms with Gasteiger partial charge in [0.15, 0.2) is 0 Å². The molecule has 0 heterocycles. The minimum atomic E-state index is 1.06. The van der Waals surface area contributed by atoms with Crippen molar-refractivity contribution in [2.45, 2.75) is 0 Å². The van der Waals surface area contributed by atoms with Crippen LogP contribution in [0, 0.1) is 6.07 Å². The van der Waals surface area contributed by atoms with Gasteiger partial charge in [-0.2, -0.15) is 0 Å². The lowest BCUT2D eigenvalue weighted by Crippen LogP contribution is -1.92. The van der Waals surface area contributed by atoms with E-state index in [2.05, 4.69) is 11.1 Å². The maximum absolute atomic E-state index is 4.14. The van der Waals surface area contributed by atoms with Crippen molar-refractivity contribution in [3.8, 4) is 0 Å². The average Bonchev–Trinajstić information content (AvgIpc) is 2.09. The second-order valence-electron chi connectivity index (χ2n) is 2.03.